The average molecular weight is 531 g/mol. The van der Waals surface area contributed by atoms with Crippen LogP contribution in [-0.2, 0) is 14.3 Å². The molecule has 0 aromatic carbocycles. The van der Waals surface area contributed by atoms with Crippen LogP contribution in [0.1, 0.15) is 114 Å². The van der Waals surface area contributed by atoms with Gasteiger partial charge in [-0.1, -0.05) is 55.4 Å². The number of fused-ring (bicyclic) bond motifs is 4. The summed E-state index contributed by atoms with van der Waals surface area (Å²) in [5.41, 5.74) is 0.213. The lowest BCUT2D eigenvalue weighted by Gasteiger charge is -2.63. The van der Waals surface area contributed by atoms with E-state index in [-0.39, 0.29) is 52.0 Å². The Morgan fingerprint density at radius 3 is 2.24 bits per heavy atom. The highest BCUT2D eigenvalue weighted by Crippen LogP contribution is 2.89. The van der Waals surface area contributed by atoms with E-state index in [4.69, 9.17) is 9.47 Å². The Hall–Kier alpha value is -0.650. The third-order valence-electron chi connectivity index (χ3n) is 14.3. The summed E-state index contributed by atoms with van der Waals surface area (Å²) in [6.45, 7) is 19.7. The topological polar surface area (TPSA) is 76.0 Å². The lowest BCUT2D eigenvalue weighted by molar-refractivity contribution is -0.204. The van der Waals surface area contributed by atoms with E-state index < -0.39 is 6.10 Å². The molecule has 2 N–H and O–H groups in total. The zero-order valence-corrected chi connectivity index (χ0v) is 25.5. The van der Waals surface area contributed by atoms with Gasteiger partial charge in [-0.05, 0) is 96.7 Å². The van der Waals surface area contributed by atoms with Gasteiger partial charge >= 0.3 is 5.97 Å². The summed E-state index contributed by atoms with van der Waals surface area (Å²) in [6, 6.07) is 0. The third kappa shape index (κ3) is 3.13. The van der Waals surface area contributed by atoms with Crippen molar-refractivity contribution in [3.63, 3.8) is 0 Å². The Bertz CT molecular complexity index is 1000. The molecule has 0 bridgehead atoms. The van der Waals surface area contributed by atoms with Crippen LogP contribution < -0.4 is 0 Å². The van der Waals surface area contributed by atoms with E-state index in [1.54, 1.807) is 0 Å². The molecule has 5 nitrogen and oxygen atoms in total. The van der Waals surface area contributed by atoms with Gasteiger partial charge in [0.25, 0.3) is 0 Å². The molecule has 0 amide bonds. The quantitative estimate of drug-likeness (QED) is 0.420. The SMILES string of the molecule is CC(=O)O[C@@H]([C@H]1C[C@@H](C)C2[C@H](O1)[C@H](O)[C@@]1(C)[C@@H]3CC[C@H]4C(C)(C)[C@@H](O)CC[C@@]45C[C@@]35CC[C@]21C)C(C)(C)C. The second-order valence-electron chi connectivity index (χ2n) is 17.0. The van der Waals surface area contributed by atoms with Gasteiger partial charge in [-0.2, -0.15) is 0 Å². The first-order valence-electron chi connectivity index (χ1n) is 15.7. The van der Waals surface area contributed by atoms with Crippen LogP contribution in [0.2, 0.25) is 0 Å². The molecule has 6 aliphatic rings. The molecule has 13 atom stereocenters. The average Bonchev–Trinajstić information content (AvgIpc) is 3.44. The molecule has 0 radical (unpaired) electrons. The van der Waals surface area contributed by atoms with Gasteiger partial charge in [0.2, 0.25) is 0 Å². The number of esters is 1. The number of carbonyl (C=O) groups is 1. The summed E-state index contributed by atoms with van der Waals surface area (Å²) in [4.78, 5) is 12.1. The zero-order valence-electron chi connectivity index (χ0n) is 25.5. The van der Waals surface area contributed by atoms with E-state index in [1.165, 1.54) is 26.2 Å². The minimum Gasteiger partial charge on any atom is -0.459 e. The van der Waals surface area contributed by atoms with Crippen LogP contribution in [0.15, 0.2) is 0 Å². The molecule has 5 heteroatoms. The maximum atomic E-state index is 12.4. The normalized spacial score (nSPS) is 55.4. The van der Waals surface area contributed by atoms with Gasteiger partial charge in [-0.25, -0.2) is 0 Å². The summed E-state index contributed by atoms with van der Waals surface area (Å²) in [5, 5.41) is 23.3. The number of ether oxygens (including phenoxy) is 2. The fraction of sp³-hybridized carbons (Fsp3) is 0.970. The van der Waals surface area contributed by atoms with Crippen molar-refractivity contribution < 1.29 is 24.5 Å². The molecule has 1 aliphatic heterocycles. The Labute approximate surface area is 230 Å². The van der Waals surface area contributed by atoms with Gasteiger partial charge in [0.05, 0.1) is 24.4 Å². The van der Waals surface area contributed by atoms with Crippen molar-refractivity contribution in [2.45, 2.75) is 144 Å². The predicted molar refractivity (Wildman–Crippen MR) is 147 cm³/mol. The third-order valence-corrected chi connectivity index (χ3v) is 14.3. The molecule has 38 heavy (non-hydrogen) atoms. The van der Waals surface area contributed by atoms with Crippen molar-refractivity contribution >= 4 is 5.97 Å². The first-order chi connectivity index (χ1) is 17.5. The van der Waals surface area contributed by atoms with Crippen molar-refractivity contribution in [2.75, 3.05) is 0 Å². The van der Waals surface area contributed by atoms with Gasteiger partial charge < -0.3 is 19.7 Å². The standard InChI is InChI=1S/C33H54O5/c1-18-16-20(27(28(3,4)5)37-19(2)34)38-25-24(18)30(8)14-15-33-17-32(33)13-12-23(35)29(6,7)21(32)10-11-22(33)31(30,9)26(25)36/h18,20-27,35-36H,10-17H2,1-9H3/t18-,20-,21+,22+,23+,24?,25+,26+,27+,30-,31-,32-,33+/m1/s1. The van der Waals surface area contributed by atoms with Gasteiger partial charge in [0.15, 0.2) is 0 Å². The van der Waals surface area contributed by atoms with E-state index in [0.29, 0.717) is 34.5 Å². The summed E-state index contributed by atoms with van der Waals surface area (Å²) < 4.78 is 12.8. The monoisotopic (exact) mass is 530 g/mol. The molecule has 2 spiro atoms. The summed E-state index contributed by atoms with van der Waals surface area (Å²) in [5.74, 6) is 1.52. The molecule has 1 heterocycles. The minimum atomic E-state index is -0.515. The smallest absolute Gasteiger partial charge is 0.303 e. The number of rotatable bonds is 2. The summed E-state index contributed by atoms with van der Waals surface area (Å²) >= 11 is 0. The molecular formula is C33H54O5. The Morgan fingerprint density at radius 1 is 0.974 bits per heavy atom. The van der Waals surface area contributed by atoms with E-state index in [2.05, 4.69) is 55.4 Å². The van der Waals surface area contributed by atoms with Crippen LogP contribution in [0.25, 0.3) is 0 Å². The van der Waals surface area contributed by atoms with Crippen molar-refractivity contribution in [1.29, 1.82) is 0 Å². The maximum absolute atomic E-state index is 12.4. The zero-order chi connectivity index (χ0) is 27.8. The molecule has 6 rings (SSSR count). The Balaban J connectivity index is 1.35. The first-order valence-corrected chi connectivity index (χ1v) is 15.7. The number of hydrogen-bond acceptors (Lipinski definition) is 5. The maximum Gasteiger partial charge on any atom is 0.303 e. The van der Waals surface area contributed by atoms with Crippen LogP contribution in [0.5, 0.6) is 0 Å². The highest BCUT2D eigenvalue weighted by atomic mass is 16.6. The second kappa shape index (κ2) is 8.00. The molecular weight excluding hydrogens is 476 g/mol. The molecule has 0 aromatic rings. The van der Waals surface area contributed by atoms with Gasteiger partial charge in [-0.15, -0.1) is 0 Å². The highest BCUT2D eigenvalue weighted by Gasteiger charge is 2.84. The van der Waals surface area contributed by atoms with Crippen molar-refractivity contribution in [3.05, 3.63) is 0 Å². The van der Waals surface area contributed by atoms with E-state index in [9.17, 15) is 15.0 Å². The molecule has 6 fully saturated rings. The van der Waals surface area contributed by atoms with Crippen LogP contribution >= 0.6 is 0 Å². The Kier molecular flexibility index (Phi) is 5.79. The lowest BCUT2D eigenvalue weighted by atomic mass is 9.41. The highest BCUT2D eigenvalue weighted by molar-refractivity contribution is 5.66. The molecule has 216 valence electrons. The summed E-state index contributed by atoms with van der Waals surface area (Å²) in [6.07, 6.45) is 7.50. The van der Waals surface area contributed by atoms with Crippen molar-refractivity contribution in [3.8, 4) is 0 Å². The number of aliphatic hydroxyl groups is 2. The number of aliphatic hydroxyl groups excluding tert-OH is 2. The Morgan fingerprint density at radius 2 is 1.61 bits per heavy atom. The van der Waals surface area contributed by atoms with Crippen molar-refractivity contribution in [2.24, 2.45) is 56.2 Å². The fourth-order valence-corrected chi connectivity index (χ4v) is 12.5. The largest absolute Gasteiger partial charge is 0.459 e. The van der Waals surface area contributed by atoms with Crippen molar-refractivity contribution in [1.82, 2.24) is 0 Å². The van der Waals surface area contributed by atoms with E-state index in [0.717, 1.165) is 32.1 Å². The van der Waals surface area contributed by atoms with Crippen LogP contribution in [0.4, 0.5) is 0 Å². The van der Waals surface area contributed by atoms with Crippen LogP contribution in [-0.4, -0.2) is 46.7 Å². The summed E-state index contributed by atoms with van der Waals surface area (Å²) in [7, 11) is 0. The van der Waals surface area contributed by atoms with E-state index in [1.807, 2.05) is 0 Å². The van der Waals surface area contributed by atoms with Gasteiger partial charge in [-0.3, -0.25) is 4.79 Å². The first kappa shape index (κ1) is 27.5. The number of hydrogen-bond donors (Lipinski definition) is 2. The predicted octanol–water partition coefficient (Wildman–Crippen LogP) is 6.14. The molecule has 0 aromatic heterocycles. The number of carbonyl (C=O) groups excluding carboxylic acids is 1. The van der Waals surface area contributed by atoms with Gasteiger partial charge in [0, 0.05) is 17.8 Å². The molecule has 1 saturated heterocycles. The lowest BCUT2D eigenvalue weighted by Crippen LogP contribution is -2.59. The molecule has 5 aliphatic carbocycles. The second-order valence-corrected chi connectivity index (χ2v) is 17.0. The fourth-order valence-electron chi connectivity index (χ4n) is 12.5. The molecule has 1 unspecified atom stereocenters. The van der Waals surface area contributed by atoms with Crippen LogP contribution in [0, 0.1) is 56.2 Å². The minimum absolute atomic E-state index is 0.0242. The van der Waals surface area contributed by atoms with Gasteiger partial charge in [0.1, 0.15) is 6.10 Å². The van der Waals surface area contributed by atoms with E-state index >= 15 is 0 Å². The molecule has 5 saturated carbocycles. The van der Waals surface area contributed by atoms with Crippen LogP contribution in [0.3, 0.4) is 0 Å².